The van der Waals surface area contributed by atoms with Crippen LogP contribution in [0.2, 0.25) is 0 Å². The SMILES string of the molecule is C=CCNC(=O)C1CCc2c(sc3ncnc(Nc4cccc(Br)c4)c23)C1. The molecule has 0 saturated carbocycles. The number of amides is 1. The Morgan fingerprint density at radius 1 is 1.41 bits per heavy atom. The molecule has 7 heteroatoms. The Balaban J connectivity index is 1.65. The van der Waals surface area contributed by atoms with Crippen LogP contribution >= 0.6 is 27.3 Å². The van der Waals surface area contributed by atoms with Crippen LogP contribution in [-0.4, -0.2) is 22.4 Å². The lowest BCUT2D eigenvalue weighted by molar-refractivity contribution is -0.125. The molecule has 1 aliphatic rings. The number of aromatic nitrogens is 2. The van der Waals surface area contributed by atoms with Crippen LogP contribution in [0, 0.1) is 5.92 Å². The number of carbonyl (C=O) groups is 1. The van der Waals surface area contributed by atoms with Gasteiger partial charge >= 0.3 is 0 Å². The lowest BCUT2D eigenvalue weighted by Crippen LogP contribution is -2.33. The van der Waals surface area contributed by atoms with E-state index in [1.807, 2.05) is 24.3 Å². The zero-order chi connectivity index (χ0) is 18.8. The van der Waals surface area contributed by atoms with Gasteiger partial charge < -0.3 is 10.6 Å². The van der Waals surface area contributed by atoms with E-state index in [2.05, 4.69) is 43.1 Å². The van der Waals surface area contributed by atoms with Crippen LogP contribution in [0.4, 0.5) is 11.5 Å². The number of carbonyl (C=O) groups excluding carboxylic acids is 1. The second-order valence-electron chi connectivity index (χ2n) is 6.52. The number of thiophene rings is 1. The van der Waals surface area contributed by atoms with Gasteiger partial charge in [-0.05, 0) is 43.0 Å². The summed E-state index contributed by atoms with van der Waals surface area (Å²) in [5, 5.41) is 7.43. The first-order chi connectivity index (χ1) is 13.2. The third kappa shape index (κ3) is 3.75. The van der Waals surface area contributed by atoms with E-state index in [0.29, 0.717) is 6.54 Å². The average molecular weight is 443 g/mol. The largest absolute Gasteiger partial charge is 0.352 e. The molecule has 5 nitrogen and oxygen atoms in total. The minimum absolute atomic E-state index is 0.0139. The number of halogens is 1. The monoisotopic (exact) mass is 442 g/mol. The highest BCUT2D eigenvalue weighted by Gasteiger charge is 2.28. The number of aryl methyl sites for hydroxylation is 1. The van der Waals surface area contributed by atoms with Crippen molar-refractivity contribution in [3.8, 4) is 0 Å². The van der Waals surface area contributed by atoms with E-state index in [-0.39, 0.29) is 11.8 Å². The van der Waals surface area contributed by atoms with Crippen molar-refractivity contribution >= 4 is 54.9 Å². The molecule has 1 unspecified atom stereocenters. The van der Waals surface area contributed by atoms with Gasteiger partial charge in [-0.3, -0.25) is 4.79 Å². The molecule has 0 aliphatic heterocycles. The van der Waals surface area contributed by atoms with Crippen molar-refractivity contribution in [3.05, 3.63) is 58.2 Å². The van der Waals surface area contributed by atoms with Gasteiger partial charge in [0.1, 0.15) is 17.0 Å². The third-order valence-electron chi connectivity index (χ3n) is 4.72. The molecule has 4 rings (SSSR count). The number of hydrogen-bond donors (Lipinski definition) is 2. The summed E-state index contributed by atoms with van der Waals surface area (Å²) in [5.41, 5.74) is 2.25. The number of nitrogens with one attached hydrogen (secondary N) is 2. The van der Waals surface area contributed by atoms with Gasteiger partial charge in [0.25, 0.3) is 0 Å². The predicted octanol–water partition coefficient (Wildman–Crippen LogP) is 4.60. The molecule has 3 aromatic rings. The summed E-state index contributed by atoms with van der Waals surface area (Å²) in [7, 11) is 0. The smallest absolute Gasteiger partial charge is 0.223 e. The topological polar surface area (TPSA) is 66.9 Å². The highest BCUT2D eigenvalue weighted by atomic mass is 79.9. The van der Waals surface area contributed by atoms with Gasteiger partial charge in [0, 0.05) is 27.5 Å². The molecular weight excluding hydrogens is 424 g/mol. The Kier molecular flexibility index (Phi) is 5.22. The summed E-state index contributed by atoms with van der Waals surface area (Å²) in [5.74, 6) is 0.946. The number of rotatable bonds is 5. The zero-order valence-corrected chi connectivity index (χ0v) is 17.1. The van der Waals surface area contributed by atoms with E-state index >= 15 is 0 Å². The van der Waals surface area contributed by atoms with Crippen molar-refractivity contribution in [3.63, 3.8) is 0 Å². The highest BCUT2D eigenvalue weighted by molar-refractivity contribution is 9.10. The van der Waals surface area contributed by atoms with Gasteiger partial charge in [-0.2, -0.15) is 0 Å². The van der Waals surface area contributed by atoms with Crippen molar-refractivity contribution in [2.24, 2.45) is 5.92 Å². The zero-order valence-electron chi connectivity index (χ0n) is 14.7. The maximum Gasteiger partial charge on any atom is 0.223 e. The molecule has 0 bridgehead atoms. The minimum atomic E-state index is 0.0139. The van der Waals surface area contributed by atoms with Gasteiger partial charge in [0.05, 0.1) is 5.39 Å². The van der Waals surface area contributed by atoms with Crippen LogP contribution in [-0.2, 0) is 17.6 Å². The van der Waals surface area contributed by atoms with Crippen LogP contribution in [0.5, 0.6) is 0 Å². The van der Waals surface area contributed by atoms with Crippen molar-refractivity contribution in [2.45, 2.75) is 19.3 Å². The van der Waals surface area contributed by atoms with E-state index in [4.69, 9.17) is 0 Å². The number of nitrogens with zero attached hydrogens (tertiary/aromatic N) is 2. The van der Waals surface area contributed by atoms with Crippen molar-refractivity contribution in [1.29, 1.82) is 0 Å². The van der Waals surface area contributed by atoms with Gasteiger partial charge in [0.15, 0.2) is 0 Å². The van der Waals surface area contributed by atoms with Gasteiger partial charge in [-0.1, -0.05) is 28.1 Å². The molecule has 1 amide bonds. The minimum Gasteiger partial charge on any atom is -0.352 e. The third-order valence-corrected chi connectivity index (χ3v) is 6.38. The molecule has 1 aliphatic carbocycles. The normalized spacial score (nSPS) is 16.0. The molecule has 138 valence electrons. The summed E-state index contributed by atoms with van der Waals surface area (Å²) in [6, 6.07) is 8.01. The summed E-state index contributed by atoms with van der Waals surface area (Å²) in [6.07, 6.45) is 5.77. The Morgan fingerprint density at radius 2 is 2.30 bits per heavy atom. The van der Waals surface area contributed by atoms with Crippen LogP contribution in [0.3, 0.4) is 0 Å². The molecule has 2 N–H and O–H groups in total. The first-order valence-corrected chi connectivity index (χ1v) is 10.4. The lowest BCUT2D eigenvalue weighted by atomic mass is 9.87. The van der Waals surface area contributed by atoms with Gasteiger partial charge in [0.2, 0.25) is 5.91 Å². The summed E-state index contributed by atoms with van der Waals surface area (Å²) >= 11 is 5.17. The fourth-order valence-corrected chi connectivity index (χ4v) is 5.12. The number of fused-ring (bicyclic) bond motifs is 3. The average Bonchev–Trinajstić information content (AvgIpc) is 3.04. The summed E-state index contributed by atoms with van der Waals surface area (Å²) in [4.78, 5) is 23.5. The Morgan fingerprint density at radius 3 is 3.11 bits per heavy atom. The van der Waals surface area contributed by atoms with Gasteiger partial charge in [-0.25, -0.2) is 9.97 Å². The molecule has 0 spiro atoms. The standard InChI is InChI=1S/C20H19BrN4OS/c1-2-8-22-19(26)12-6-7-15-16(9-12)27-20-17(15)18(23-11-24-20)25-14-5-3-4-13(21)10-14/h2-5,10-12H,1,6-9H2,(H,22,26)(H,23,24,25). The molecule has 1 atom stereocenters. The first-order valence-electron chi connectivity index (χ1n) is 8.82. The van der Waals surface area contributed by atoms with Gasteiger partial charge in [-0.15, -0.1) is 17.9 Å². The van der Waals surface area contributed by atoms with Crippen LogP contribution in [0.1, 0.15) is 16.9 Å². The quantitative estimate of drug-likeness (QED) is 0.566. The Labute approximate surface area is 170 Å². The Hall–Kier alpha value is -2.25. The number of hydrogen-bond acceptors (Lipinski definition) is 5. The molecular formula is C20H19BrN4OS. The molecule has 0 fully saturated rings. The maximum atomic E-state index is 12.3. The molecule has 27 heavy (non-hydrogen) atoms. The molecule has 0 saturated heterocycles. The second kappa shape index (κ2) is 7.78. The highest BCUT2D eigenvalue weighted by Crippen LogP contribution is 2.40. The lowest BCUT2D eigenvalue weighted by Gasteiger charge is -2.21. The van der Waals surface area contributed by atoms with Crippen LogP contribution in [0.25, 0.3) is 10.2 Å². The number of benzene rings is 1. The second-order valence-corrected chi connectivity index (χ2v) is 8.51. The number of anilines is 2. The van der Waals surface area contributed by atoms with E-state index < -0.39 is 0 Å². The van der Waals surface area contributed by atoms with E-state index in [1.165, 1.54) is 10.4 Å². The molecule has 2 aromatic heterocycles. The fourth-order valence-electron chi connectivity index (χ4n) is 3.45. The van der Waals surface area contributed by atoms with E-state index in [9.17, 15) is 4.79 Å². The van der Waals surface area contributed by atoms with Crippen molar-refractivity contribution in [1.82, 2.24) is 15.3 Å². The maximum absolute atomic E-state index is 12.3. The summed E-state index contributed by atoms with van der Waals surface area (Å²) in [6.45, 7) is 4.17. The molecule has 2 heterocycles. The Bertz CT molecular complexity index is 1020. The van der Waals surface area contributed by atoms with Crippen LogP contribution < -0.4 is 10.6 Å². The summed E-state index contributed by atoms with van der Waals surface area (Å²) < 4.78 is 1.01. The fraction of sp³-hybridized carbons (Fsp3) is 0.250. The van der Waals surface area contributed by atoms with Crippen molar-refractivity contribution < 1.29 is 4.79 Å². The molecule has 0 radical (unpaired) electrons. The van der Waals surface area contributed by atoms with Crippen molar-refractivity contribution in [2.75, 3.05) is 11.9 Å². The predicted molar refractivity (Wildman–Crippen MR) is 114 cm³/mol. The van der Waals surface area contributed by atoms with Crippen LogP contribution in [0.15, 0.2) is 47.7 Å². The molecule has 1 aromatic carbocycles. The van der Waals surface area contributed by atoms with E-state index in [1.54, 1.807) is 23.7 Å². The van der Waals surface area contributed by atoms with E-state index in [0.717, 1.165) is 45.5 Å². The first kappa shape index (κ1) is 18.1.